The highest BCUT2D eigenvalue weighted by Gasteiger charge is 2.33. The molecule has 0 aromatic rings. The Hall–Kier alpha value is -1.73. The van der Waals surface area contributed by atoms with E-state index in [4.69, 9.17) is 5.11 Å². The second-order valence-electron chi connectivity index (χ2n) is 2.84. The topological polar surface area (TPSA) is 69.6 Å². The van der Waals surface area contributed by atoms with E-state index in [-0.39, 0.29) is 11.4 Å². The molecule has 0 aliphatic heterocycles. The van der Waals surface area contributed by atoms with E-state index in [0.717, 1.165) is 0 Å². The zero-order chi connectivity index (χ0) is 12.8. The van der Waals surface area contributed by atoms with Crippen molar-refractivity contribution in [2.75, 3.05) is 19.6 Å². The summed E-state index contributed by atoms with van der Waals surface area (Å²) in [4.78, 5) is 21.5. The molecule has 0 unspecified atom stereocenters. The summed E-state index contributed by atoms with van der Waals surface area (Å²) in [6, 6.07) is -1.10. The molecule has 0 bridgehead atoms. The Morgan fingerprint density at radius 1 is 1.44 bits per heavy atom. The number of nitrogens with one attached hydrogen (secondary N) is 1. The first-order chi connectivity index (χ1) is 7.26. The molecule has 0 atom stereocenters. The third-order valence-corrected chi connectivity index (χ3v) is 1.38. The third kappa shape index (κ3) is 6.68. The number of amides is 2. The zero-order valence-corrected chi connectivity index (χ0v) is 8.25. The van der Waals surface area contributed by atoms with Crippen molar-refractivity contribution in [2.24, 2.45) is 0 Å². The Labute approximate surface area is 89.5 Å². The number of alkyl halides is 3. The van der Waals surface area contributed by atoms with Gasteiger partial charge in [-0.2, -0.15) is 13.2 Å². The van der Waals surface area contributed by atoms with Gasteiger partial charge in [0.15, 0.2) is 0 Å². The number of hydrogen-bond acceptors (Lipinski definition) is 2. The largest absolute Gasteiger partial charge is 0.480 e. The molecular formula is C8H11F3N2O3. The van der Waals surface area contributed by atoms with Crippen LogP contribution in [0, 0.1) is 0 Å². The van der Waals surface area contributed by atoms with Crippen LogP contribution >= 0.6 is 0 Å². The molecule has 0 aliphatic rings. The SMILES string of the molecule is C=CCNC(=O)N(CC(=O)O)CC(F)(F)F. The van der Waals surface area contributed by atoms with Crippen LogP contribution in [0.3, 0.4) is 0 Å². The number of carboxylic acids is 1. The molecule has 0 aliphatic carbocycles. The highest BCUT2D eigenvalue weighted by atomic mass is 19.4. The number of aliphatic carboxylic acids is 1. The fourth-order valence-corrected chi connectivity index (χ4v) is 0.850. The fraction of sp³-hybridized carbons (Fsp3) is 0.500. The van der Waals surface area contributed by atoms with Gasteiger partial charge in [-0.25, -0.2) is 4.79 Å². The molecule has 0 fully saturated rings. The molecule has 0 saturated heterocycles. The Bertz CT molecular complexity index is 278. The molecule has 0 radical (unpaired) electrons. The van der Waals surface area contributed by atoms with E-state index in [0.29, 0.717) is 0 Å². The molecule has 16 heavy (non-hydrogen) atoms. The maximum Gasteiger partial charge on any atom is 0.406 e. The summed E-state index contributed by atoms with van der Waals surface area (Å²) in [6.07, 6.45) is -3.37. The Kier molecular flexibility index (Phi) is 5.34. The quantitative estimate of drug-likeness (QED) is 0.699. The Morgan fingerprint density at radius 2 is 2.00 bits per heavy atom. The summed E-state index contributed by atoms with van der Waals surface area (Å²) in [6.45, 7) is 0.601. The second kappa shape index (κ2) is 5.99. The first-order valence-electron chi connectivity index (χ1n) is 4.18. The number of urea groups is 1. The van der Waals surface area contributed by atoms with E-state index in [1.165, 1.54) is 6.08 Å². The number of hydrogen-bond donors (Lipinski definition) is 2. The molecule has 0 aromatic carbocycles. The highest BCUT2D eigenvalue weighted by Crippen LogP contribution is 2.16. The lowest BCUT2D eigenvalue weighted by Crippen LogP contribution is -2.47. The average molecular weight is 240 g/mol. The zero-order valence-electron chi connectivity index (χ0n) is 8.25. The van der Waals surface area contributed by atoms with Crippen molar-refractivity contribution in [3.8, 4) is 0 Å². The van der Waals surface area contributed by atoms with Gasteiger partial charge >= 0.3 is 18.2 Å². The summed E-state index contributed by atoms with van der Waals surface area (Å²) in [7, 11) is 0. The molecule has 2 amide bonds. The van der Waals surface area contributed by atoms with Gasteiger partial charge in [-0.15, -0.1) is 6.58 Å². The predicted molar refractivity (Wildman–Crippen MR) is 48.9 cm³/mol. The van der Waals surface area contributed by atoms with Crippen LogP contribution in [-0.4, -0.2) is 47.8 Å². The maximum atomic E-state index is 12.0. The molecule has 0 heterocycles. The first-order valence-corrected chi connectivity index (χ1v) is 4.18. The van der Waals surface area contributed by atoms with Gasteiger partial charge in [0.05, 0.1) is 0 Å². The fourth-order valence-electron chi connectivity index (χ4n) is 0.850. The number of nitrogens with zero attached hydrogens (tertiary/aromatic N) is 1. The van der Waals surface area contributed by atoms with Crippen LogP contribution in [0.5, 0.6) is 0 Å². The van der Waals surface area contributed by atoms with Gasteiger partial charge in [-0.05, 0) is 0 Å². The monoisotopic (exact) mass is 240 g/mol. The van der Waals surface area contributed by atoms with Crippen LogP contribution in [0.25, 0.3) is 0 Å². The lowest BCUT2D eigenvalue weighted by atomic mass is 10.4. The van der Waals surface area contributed by atoms with E-state index in [9.17, 15) is 22.8 Å². The summed E-state index contributed by atoms with van der Waals surface area (Å²) in [5, 5.41) is 10.4. The Morgan fingerprint density at radius 3 is 2.38 bits per heavy atom. The van der Waals surface area contributed by atoms with Crippen LogP contribution in [0.15, 0.2) is 12.7 Å². The average Bonchev–Trinajstić information content (AvgIpc) is 2.10. The standard InChI is InChI=1S/C8H11F3N2O3/c1-2-3-12-7(16)13(4-6(14)15)5-8(9,10)11/h2H,1,3-5H2,(H,12,16)(H,14,15). The van der Waals surface area contributed by atoms with Gasteiger partial charge in [-0.3, -0.25) is 4.79 Å². The number of carboxylic acid groups (broad SMARTS) is 1. The van der Waals surface area contributed by atoms with Crippen molar-refractivity contribution in [3.05, 3.63) is 12.7 Å². The van der Waals surface area contributed by atoms with Gasteiger partial charge < -0.3 is 15.3 Å². The smallest absolute Gasteiger partial charge is 0.406 e. The van der Waals surface area contributed by atoms with Crippen LogP contribution in [0.2, 0.25) is 0 Å². The summed E-state index contributed by atoms with van der Waals surface area (Å²) < 4.78 is 36.0. The van der Waals surface area contributed by atoms with Crippen molar-refractivity contribution in [3.63, 3.8) is 0 Å². The van der Waals surface area contributed by atoms with Crippen molar-refractivity contribution >= 4 is 12.0 Å². The van der Waals surface area contributed by atoms with Crippen LogP contribution in [0.4, 0.5) is 18.0 Å². The molecule has 0 rings (SSSR count). The normalized spacial score (nSPS) is 10.7. The number of carbonyl (C=O) groups excluding carboxylic acids is 1. The number of rotatable bonds is 5. The van der Waals surface area contributed by atoms with E-state index in [1.54, 1.807) is 0 Å². The number of carbonyl (C=O) groups is 2. The molecule has 0 aromatic heterocycles. The first kappa shape index (κ1) is 14.3. The molecule has 8 heteroatoms. The van der Waals surface area contributed by atoms with E-state index in [2.05, 4.69) is 11.9 Å². The van der Waals surface area contributed by atoms with E-state index >= 15 is 0 Å². The van der Waals surface area contributed by atoms with Crippen LogP contribution < -0.4 is 5.32 Å². The molecule has 0 spiro atoms. The predicted octanol–water partition coefficient (Wildman–Crippen LogP) is 0.831. The van der Waals surface area contributed by atoms with Crippen molar-refractivity contribution in [1.82, 2.24) is 10.2 Å². The molecule has 0 saturated carbocycles. The molecular weight excluding hydrogens is 229 g/mol. The molecule has 2 N–H and O–H groups in total. The second-order valence-corrected chi connectivity index (χ2v) is 2.84. The minimum atomic E-state index is -4.64. The minimum absolute atomic E-state index is 0.0349. The minimum Gasteiger partial charge on any atom is -0.480 e. The Balaban J connectivity index is 4.46. The van der Waals surface area contributed by atoms with Crippen molar-refractivity contribution in [1.29, 1.82) is 0 Å². The van der Waals surface area contributed by atoms with Crippen molar-refractivity contribution in [2.45, 2.75) is 6.18 Å². The van der Waals surface area contributed by atoms with Gasteiger partial charge in [0.1, 0.15) is 13.1 Å². The summed E-state index contributed by atoms with van der Waals surface area (Å²) >= 11 is 0. The summed E-state index contributed by atoms with van der Waals surface area (Å²) in [5.41, 5.74) is 0. The van der Waals surface area contributed by atoms with E-state index in [1.807, 2.05) is 0 Å². The summed E-state index contributed by atoms with van der Waals surface area (Å²) in [5.74, 6) is -1.52. The maximum absolute atomic E-state index is 12.0. The van der Waals surface area contributed by atoms with Gasteiger partial charge in [-0.1, -0.05) is 6.08 Å². The lowest BCUT2D eigenvalue weighted by Gasteiger charge is -2.22. The molecule has 5 nitrogen and oxygen atoms in total. The van der Waals surface area contributed by atoms with Gasteiger partial charge in [0.25, 0.3) is 0 Å². The van der Waals surface area contributed by atoms with Crippen LogP contribution in [-0.2, 0) is 4.79 Å². The van der Waals surface area contributed by atoms with E-state index < -0.39 is 31.3 Å². The van der Waals surface area contributed by atoms with Gasteiger partial charge in [0, 0.05) is 6.54 Å². The number of halogens is 3. The lowest BCUT2D eigenvalue weighted by molar-refractivity contribution is -0.148. The van der Waals surface area contributed by atoms with Crippen molar-refractivity contribution < 1.29 is 27.9 Å². The highest BCUT2D eigenvalue weighted by molar-refractivity contribution is 5.80. The van der Waals surface area contributed by atoms with Gasteiger partial charge in [0.2, 0.25) is 0 Å². The molecule has 92 valence electrons. The third-order valence-electron chi connectivity index (χ3n) is 1.38. The van der Waals surface area contributed by atoms with Crippen LogP contribution in [0.1, 0.15) is 0 Å².